The number of aliphatic imine (C=N–C) groups is 1. The van der Waals surface area contributed by atoms with Crippen LogP contribution in [0.2, 0.25) is 0 Å². The quantitative estimate of drug-likeness (QED) is 0.824. The van der Waals surface area contributed by atoms with E-state index in [1.165, 1.54) is 12.2 Å². The Morgan fingerprint density at radius 3 is 2.76 bits per heavy atom. The minimum atomic E-state index is 0.183. The van der Waals surface area contributed by atoms with Crippen molar-refractivity contribution in [3.8, 4) is 0 Å². The van der Waals surface area contributed by atoms with Crippen molar-refractivity contribution >= 4 is 16.9 Å². The standard InChI is InChI=1S/C13H24N2OS/c1-10(2)11-4-9-17-12(14-11)15-13(3)5-7-16-8-6-13/h10-11H,4-9H2,1-3H3,(H,14,15). The van der Waals surface area contributed by atoms with Crippen LogP contribution in [0.25, 0.3) is 0 Å². The zero-order chi connectivity index (χ0) is 12.3. The summed E-state index contributed by atoms with van der Waals surface area (Å²) in [6, 6.07) is 0.502. The molecule has 1 atom stereocenters. The summed E-state index contributed by atoms with van der Waals surface area (Å²) in [5.41, 5.74) is 0.183. The van der Waals surface area contributed by atoms with Gasteiger partial charge in [-0.1, -0.05) is 25.6 Å². The molecule has 98 valence electrons. The number of nitrogens with one attached hydrogen (secondary N) is 1. The van der Waals surface area contributed by atoms with E-state index in [1.54, 1.807) is 0 Å². The van der Waals surface area contributed by atoms with Crippen molar-refractivity contribution in [1.29, 1.82) is 0 Å². The Balaban J connectivity index is 1.97. The fraction of sp³-hybridized carbons (Fsp3) is 0.923. The summed E-state index contributed by atoms with van der Waals surface area (Å²) in [4.78, 5) is 4.85. The molecule has 1 fully saturated rings. The minimum absolute atomic E-state index is 0.183. The second-order valence-corrected chi connectivity index (χ2v) is 6.76. The molecule has 0 spiro atoms. The first-order valence-corrected chi connectivity index (χ1v) is 7.64. The van der Waals surface area contributed by atoms with Gasteiger partial charge >= 0.3 is 0 Å². The summed E-state index contributed by atoms with van der Waals surface area (Å²) in [7, 11) is 0. The predicted octanol–water partition coefficient (Wildman–Crippen LogP) is 2.66. The maximum atomic E-state index is 5.43. The molecule has 1 unspecified atom stereocenters. The van der Waals surface area contributed by atoms with Gasteiger partial charge < -0.3 is 10.1 Å². The third-order valence-electron chi connectivity index (χ3n) is 3.71. The first kappa shape index (κ1) is 13.2. The van der Waals surface area contributed by atoms with E-state index >= 15 is 0 Å². The highest BCUT2D eigenvalue weighted by Crippen LogP contribution is 2.25. The zero-order valence-corrected chi connectivity index (χ0v) is 12.0. The van der Waals surface area contributed by atoms with E-state index in [-0.39, 0.29) is 5.54 Å². The SMILES string of the molecule is CC(C)C1CCSC(NC2(C)CCOCC2)=N1. The maximum absolute atomic E-state index is 5.43. The molecule has 0 saturated carbocycles. The minimum Gasteiger partial charge on any atom is -0.381 e. The number of ether oxygens (including phenoxy) is 1. The van der Waals surface area contributed by atoms with Crippen LogP contribution < -0.4 is 5.32 Å². The Morgan fingerprint density at radius 2 is 2.12 bits per heavy atom. The van der Waals surface area contributed by atoms with Gasteiger partial charge in [-0.05, 0) is 32.1 Å². The van der Waals surface area contributed by atoms with Crippen molar-refractivity contribution in [3.05, 3.63) is 0 Å². The summed E-state index contributed by atoms with van der Waals surface area (Å²) in [5.74, 6) is 1.84. The molecule has 1 saturated heterocycles. The van der Waals surface area contributed by atoms with Crippen LogP contribution in [0, 0.1) is 5.92 Å². The topological polar surface area (TPSA) is 33.6 Å². The third kappa shape index (κ3) is 3.62. The van der Waals surface area contributed by atoms with Crippen molar-refractivity contribution in [3.63, 3.8) is 0 Å². The normalized spacial score (nSPS) is 28.9. The highest BCUT2D eigenvalue weighted by molar-refractivity contribution is 8.13. The van der Waals surface area contributed by atoms with Gasteiger partial charge in [-0.3, -0.25) is 4.99 Å². The lowest BCUT2D eigenvalue weighted by Gasteiger charge is -2.37. The number of amidine groups is 1. The van der Waals surface area contributed by atoms with E-state index in [0.29, 0.717) is 12.0 Å². The van der Waals surface area contributed by atoms with Crippen LogP contribution in [0.15, 0.2) is 4.99 Å². The van der Waals surface area contributed by atoms with E-state index in [2.05, 4.69) is 26.1 Å². The van der Waals surface area contributed by atoms with Gasteiger partial charge in [-0.2, -0.15) is 0 Å². The number of thioether (sulfide) groups is 1. The first-order valence-electron chi connectivity index (χ1n) is 6.66. The van der Waals surface area contributed by atoms with Gasteiger partial charge in [-0.25, -0.2) is 0 Å². The lowest BCUT2D eigenvalue weighted by molar-refractivity contribution is 0.0527. The monoisotopic (exact) mass is 256 g/mol. The largest absolute Gasteiger partial charge is 0.381 e. The fourth-order valence-electron chi connectivity index (χ4n) is 2.28. The average Bonchev–Trinajstić information content (AvgIpc) is 2.29. The summed E-state index contributed by atoms with van der Waals surface area (Å²) in [6.07, 6.45) is 3.38. The van der Waals surface area contributed by atoms with Crippen molar-refractivity contribution in [2.45, 2.75) is 51.6 Å². The van der Waals surface area contributed by atoms with Gasteiger partial charge in [0, 0.05) is 24.5 Å². The summed E-state index contributed by atoms with van der Waals surface area (Å²) in [6.45, 7) is 8.55. The van der Waals surface area contributed by atoms with Gasteiger partial charge in [0.2, 0.25) is 0 Å². The molecule has 2 aliphatic heterocycles. The van der Waals surface area contributed by atoms with E-state index < -0.39 is 0 Å². The number of rotatable bonds is 2. The Bertz CT molecular complexity index is 285. The first-order chi connectivity index (χ1) is 8.09. The van der Waals surface area contributed by atoms with Gasteiger partial charge in [0.15, 0.2) is 5.17 Å². The molecule has 0 bridgehead atoms. The molecule has 0 aliphatic carbocycles. The maximum Gasteiger partial charge on any atom is 0.157 e. The van der Waals surface area contributed by atoms with Crippen LogP contribution in [0.3, 0.4) is 0 Å². The Hall–Kier alpha value is -0.220. The summed E-state index contributed by atoms with van der Waals surface area (Å²) >= 11 is 1.87. The van der Waals surface area contributed by atoms with Crippen molar-refractivity contribution in [2.24, 2.45) is 10.9 Å². The van der Waals surface area contributed by atoms with Crippen LogP contribution in [0.1, 0.15) is 40.0 Å². The Labute approximate surface area is 109 Å². The Kier molecular flexibility index (Phi) is 4.36. The second-order valence-electron chi connectivity index (χ2n) is 5.68. The molecule has 0 amide bonds. The zero-order valence-electron chi connectivity index (χ0n) is 11.2. The van der Waals surface area contributed by atoms with Crippen LogP contribution in [0.4, 0.5) is 0 Å². The van der Waals surface area contributed by atoms with E-state index in [1.807, 2.05) is 11.8 Å². The number of hydrogen-bond acceptors (Lipinski definition) is 4. The molecular weight excluding hydrogens is 232 g/mol. The third-order valence-corrected chi connectivity index (χ3v) is 4.63. The summed E-state index contributed by atoms with van der Waals surface area (Å²) in [5, 5.41) is 4.80. The predicted molar refractivity (Wildman–Crippen MR) is 74.7 cm³/mol. The number of hydrogen-bond donors (Lipinski definition) is 1. The molecule has 2 aliphatic rings. The van der Waals surface area contributed by atoms with Crippen LogP contribution in [-0.4, -0.2) is 35.7 Å². The van der Waals surface area contributed by atoms with Crippen molar-refractivity contribution in [1.82, 2.24) is 5.32 Å². The van der Waals surface area contributed by atoms with Crippen LogP contribution in [0.5, 0.6) is 0 Å². The Morgan fingerprint density at radius 1 is 1.41 bits per heavy atom. The molecule has 0 aromatic rings. The highest BCUT2D eigenvalue weighted by atomic mass is 32.2. The molecular formula is C13H24N2OS. The molecule has 3 nitrogen and oxygen atoms in total. The van der Waals surface area contributed by atoms with Gasteiger partial charge in [-0.15, -0.1) is 0 Å². The lowest BCUT2D eigenvalue weighted by atomic mass is 9.93. The fourth-order valence-corrected chi connectivity index (χ4v) is 3.37. The summed E-state index contributed by atoms with van der Waals surface area (Å²) < 4.78 is 5.43. The molecule has 2 heterocycles. The average molecular weight is 256 g/mol. The van der Waals surface area contributed by atoms with Crippen molar-refractivity contribution < 1.29 is 4.74 Å². The van der Waals surface area contributed by atoms with Gasteiger partial charge in [0.1, 0.15) is 0 Å². The highest BCUT2D eigenvalue weighted by Gasteiger charge is 2.29. The van der Waals surface area contributed by atoms with Crippen LogP contribution >= 0.6 is 11.8 Å². The molecule has 0 aromatic heterocycles. The number of nitrogens with zero attached hydrogens (tertiary/aromatic N) is 1. The molecule has 0 aromatic carbocycles. The van der Waals surface area contributed by atoms with E-state index in [9.17, 15) is 0 Å². The molecule has 4 heteroatoms. The van der Waals surface area contributed by atoms with Crippen LogP contribution in [-0.2, 0) is 4.74 Å². The van der Waals surface area contributed by atoms with Crippen molar-refractivity contribution in [2.75, 3.05) is 19.0 Å². The second kappa shape index (κ2) is 5.61. The molecule has 17 heavy (non-hydrogen) atoms. The molecule has 0 radical (unpaired) electrons. The smallest absolute Gasteiger partial charge is 0.157 e. The molecule has 2 rings (SSSR count). The van der Waals surface area contributed by atoms with Gasteiger partial charge in [0.25, 0.3) is 0 Å². The molecule has 1 N–H and O–H groups in total. The van der Waals surface area contributed by atoms with E-state index in [4.69, 9.17) is 9.73 Å². The lowest BCUT2D eigenvalue weighted by Crippen LogP contribution is -2.49. The van der Waals surface area contributed by atoms with Gasteiger partial charge in [0.05, 0.1) is 6.04 Å². The van der Waals surface area contributed by atoms with E-state index in [0.717, 1.165) is 31.2 Å².